The van der Waals surface area contributed by atoms with Gasteiger partial charge in [-0.1, -0.05) is 11.6 Å². The van der Waals surface area contributed by atoms with Crippen LogP contribution in [0.15, 0.2) is 34.1 Å². The Morgan fingerprint density at radius 2 is 2.00 bits per heavy atom. The molecule has 2 saturated heterocycles. The van der Waals surface area contributed by atoms with E-state index in [9.17, 15) is 14.4 Å². The Hall–Kier alpha value is -1.98. The highest BCUT2D eigenvalue weighted by molar-refractivity contribution is 9.11. The summed E-state index contributed by atoms with van der Waals surface area (Å²) in [5.74, 6) is -0.916. The van der Waals surface area contributed by atoms with Crippen molar-refractivity contribution < 1.29 is 23.9 Å². The Bertz CT molecular complexity index is 1010. The van der Waals surface area contributed by atoms with Crippen molar-refractivity contribution in [1.82, 2.24) is 5.32 Å². The van der Waals surface area contributed by atoms with Crippen LogP contribution in [0.4, 0.5) is 11.4 Å². The number of amides is 3. The molecule has 0 atom stereocenters. The summed E-state index contributed by atoms with van der Waals surface area (Å²) in [7, 11) is 0. The maximum atomic E-state index is 12.9. The molecule has 2 aliphatic rings. The average Bonchev–Trinajstić information content (AvgIpc) is 3.12. The minimum Gasteiger partial charge on any atom is -0.375 e. The molecule has 11 heteroatoms. The third kappa shape index (κ3) is 4.23. The van der Waals surface area contributed by atoms with Crippen molar-refractivity contribution in [3.05, 3.63) is 44.0 Å². The Balaban J connectivity index is 1.46. The first-order valence-electron chi connectivity index (χ1n) is 9.03. The van der Waals surface area contributed by atoms with Gasteiger partial charge < -0.3 is 25.0 Å². The lowest BCUT2D eigenvalue weighted by molar-refractivity contribution is -0.141. The van der Waals surface area contributed by atoms with Crippen LogP contribution in [0, 0.1) is 0 Å². The lowest BCUT2D eigenvalue weighted by Crippen LogP contribution is -2.68. The number of nitrogens with zero attached hydrogens (tertiary/aromatic N) is 1. The summed E-state index contributed by atoms with van der Waals surface area (Å²) in [6.45, 7) is 1.01. The van der Waals surface area contributed by atoms with Crippen molar-refractivity contribution in [2.45, 2.75) is 5.54 Å². The van der Waals surface area contributed by atoms with E-state index in [4.69, 9.17) is 21.1 Å². The second kappa shape index (κ2) is 8.64. The van der Waals surface area contributed by atoms with Gasteiger partial charge in [-0.15, -0.1) is 11.3 Å². The van der Waals surface area contributed by atoms with Crippen molar-refractivity contribution in [2.75, 3.05) is 43.2 Å². The smallest absolute Gasteiger partial charge is 0.262 e. The van der Waals surface area contributed by atoms with Crippen LogP contribution < -0.4 is 15.5 Å². The average molecular weight is 515 g/mol. The number of hydrogen-bond donors (Lipinski definition) is 2. The van der Waals surface area contributed by atoms with Gasteiger partial charge in [0.2, 0.25) is 0 Å². The highest BCUT2D eigenvalue weighted by atomic mass is 79.9. The Labute approximate surface area is 189 Å². The van der Waals surface area contributed by atoms with Crippen LogP contribution in [0.3, 0.4) is 0 Å². The maximum absolute atomic E-state index is 12.9. The van der Waals surface area contributed by atoms with Gasteiger partial charge in [-0.05, 0) is 46.3 Å². The van der Waals surface area contributed by atoms with Gasteiger partial charge in [0.1, 0.15) is 6.61 Å². The fourth-order valence-corrected chi connectivity index (χ4v) is 4.67. The first-order chi connectivity index (χ1) is 14.4. The van der Waals surface area contributed by atoms with Crippen molar-refractivity contribution >= 4 is 68.0 Å². The van der Waals surface area contributed by atoms with Crippen LogP contribution in [0.2, 0.25) is 5.02 Å². The monoisotopic (exact) mass is 513 g/mol. The molecular formula is C19H17BrClN3O5S. The molecule has 0 bridgehead atoms. The summed E-state index contributed by atoms with van der Waals surface area (Å²) in [5.41, 5.74) is -0.145. The first kappa shape index (κ1) is 21.3. The summed E-state index contributed by atoms with van der Waals surface area (Å²) in [6.07, 6.45) is 0. The Morgan fingerprint density at radius 3 is 2.60 bits per heavy atom. The fraction of sp³-hybridized carbons (Fsp3) is 0.316. The topological polar surface area (TPSA) is 97.0 Å². The molecule has 0 spiro atoms. The van der Waals surface area contributed by atoms with Crippen LogP contribution in [-0.4, -0.2) is 56.2 Å². The third-order valence-electron chi connectivity index (χ3n) is 4.76. The van der Waals surface area contributed by atoms with E-state index in [2.05, 4.69) is 26.6 Å². The van der Waals surface area contributed by atoms with E-state index in [1.54, 1.807) is 35.2 Å². The second-order valence-corrected chi connectivity index (χ2v) is 9.72. The minimum absolute atomic E-state index is 0.0118. The summed E-state index contributed by atoms with van der Waals surface area (Å²) in [6, 6.07) is 8.36. The van der Waals surface area contributed by atoms with Gasteiger partial charge in [0.15, 0.2) is 5.54 Å². The second-order valence-electron chi connectivity index (χ2n) is 6.85. The molecule has 8 nitrogen and oxygen atoms in total. The first-order valence-corrected chi connectivity index (χ1v) is 11.0. The largest absolute Gasteiger partial charge is 0.375 e. The third-order valence-corrected chi connectivity index (χ3v) is 6.69. The van der Waals surface area contributed by atoms with Crippen molar-refractivity contribution in [2.24, 2.45) is 0 Å². The number of morpholine rings is 1. The van der Waals surface area contributed by atoms with Gasteiger partial charge in [-0.3, -0.25) is 14.4 Å². The molecule has 3 amide bonds. The lowest BCUT2D eigenvalue weighted by Gasteiger charge is -2.40. The summed E-state index contributed by atoms with van der Waals surface area (Å²) < 4.78 is 11.2. The van der Waals surface area contributed by atoms with E-state index in [0.29, 0.717) is 34.4 Å². The molecule has 0 aliphatic carbocycles. The highest BCUT2D eigenvalue weighted by Crippen LogP contribution is 2.31. The number of thiophene rings is 1. The van der Waals surface area contributed by atoms with Gasteiger partial charge in [-0.25, -0.2) is 0 Å². The van der Waals surface area contributed by atoms with Gasteiger partial charge in [0.05, 0.1) is 39.2 Å². The van der Waals surface area contributed by atoms with Crippen molar-refractivity contribution in [1.29, 1.82) is 0 Å². The van der Waals surface area contributed by atoms with Gasteiger partial charge in [0, 0.05) is 12.2 Å². The number of halogens is 2. The maximum Gasteiger partial charge on any atom is 0.262 e. The number of hydrogen-bond acceptors (Lipinski definition) is 6. The van der Waals surface area contributed by atoms with Crippen LogP contribution in [0.1, 0.15) is 9.67 Å². The summed E-state index contributed by atoms with van der Waals surface area (Å²) in [5, 5.41) is 5.88. The number of ether oxygens (including phenoxy) is 2. The molecule has 2 aromatic rings. The van der Waals surface area contributed by atoms with Gasteiger partial charge in [-0.2, -0.15) is 0 Å². The predicted molar refractivity (Wildman–Crippen MR) is 116 cm³/mol. The zero-order chi connectivity index (χ0) is 21.3. The molecule has 3 heterocycles. The quantitative estimate of drug-likeness (QED) is 0.639. The Kier molecular flexibility index (Phi) is 6.12. The predicted octanol–water partition coefficient (Wildman–Crippen LogP) is 2.66. The minimum atomic E-state index is -1.15. The van der Waals surface area contributed by atoms with E-state index in [-0.39, 0.29) is 31.6 Å². The van der Waals surface area contributed by atoms with E-state index < -0.39 is 11.4 Å². The summed E-state index contributed by atoms with van der Waals surface area (Å²) >= 11 is 11.0. The standard InChI is InChI=1S/C19H17BrClN3O5S/c20-15-4-3-14(30-15)17(26)23-19(9-29-10-19)18(27)22-11-1-2-13(12(21)7-11)24-5-6-28-8-16(24)25/h1-4,7H,5-6,8-10H2,(H,22,27)(H,23,26). The molecular weight excluding hydrogens is 498 g/mol. The van der Waals surface area contributed by atoms with E-state index in [1.807, 2.05) is 0 Å². The number of benzene rings is 1. The SMILES string of the molecule is O=C(NC1(C(=O)Nc2ccc(N3CCOCC3=O)c(Cl)c2)COC1)c1ccc(Br)s1. The molecule has 30 heavy (non-hydrogen) atoms. The van der Waals surface area contributed by atoms with Crippen molar-refractivity contribution in [3.63, 3.8) is 0 Å². The van der Waals surface area contributed by atoms with Gasteiger partial charge in [0.25, 0.3) is 17.7 Å². The fourth-order valence-electron chi connectivity index (χ4n) is 3.11. The van der Waals surface area contributed by atoms with E-state index in [0.717, 1.165) is 3.79 Å². The normalized spacial score (nSPS) is 17.9. The number of carbonyl (C=O) groups is 3. The van der Waals surface area contributed by atoms with Crippen LogP contribution in [0.5, 0.6) is 0 Å². The number of rotatable bonds is 5. The molecule has 158 valence electrons. The zero-order valence-corrected chi connectivity index (χ0v) is 18.7. The van der Waals surface area contributed by atoms with Crippen LogP contribution >= 0.6 is 38.9 Å². The Morgan fingerprint density at radius 1 is 1.20 bits per heavy atom. The highest BCUT2D eigenvalue weighted by Gasteiger charge is 2.47. The van der Waals surface area contributed by atoms with Crippen LogP contribution in [0.25, 0.3) is 0 Å². The zero-order valence-electron chi connectivity index (χ0n) is 15.6. The van der Waals surface area contributed by atoms with Gasteiger partial charge >= 0.3 is 0 Å². The van der Waals surface area contributed by atoms with E-state index >= 15 is 0 Å². The number of nitrogens with one attached hydrogen (secondary N) is 2. The van der Waals surface area contributed by atoms with E-state index in [1.165, 1.54) is 11.3 Å². The molecule has 1 aromatic heterocycles. The molecule has 1 aromatic carbocycles. The van der Waals surface area contributed by atoms with Crippen molar-refractivity contribution in [3.8, 4) is 0 Å². The molecule has 2 N–H and O–H groups in total. The molecule has 0 radical (unpaired) electrons. The lowest BCUT2D eigenvalue weighted by atomic mass is 9.95. The van der Waals surface area contributed by atoms with Crippen LogP contribution in [-0.2, 0) is 19.1 Å². The molecule has 2 fully saturated rings. The molecule has 4 rings (SSSR count). The molecule has 0 saturated carbocycles. The number of carbonyl (C=O) groups excluding carboxylic acids is 3. The molecule has 2 aliphatic heterocycles. The summed E-state index contributed by atoms with van der Waals surface area (Å²) in [4.78, 5) is 39.5. The molecule has 0 unspecified atom stereocenters. The number of anilines is 2.